The van der Waals surface area contributed by atoms with Crippen LogP contribution in [-0.2, 0) is 9.84 Å². The molecular weight excluding hydrogens is 274 g/mol. The minimum atomic E-state index is -2.90. The second-order valence-corrected chi connectivity index (χ2v) is 8.68. The first-order valence-corrected chi connectivity index (χ1v) is 9.32. The Balaban J connectivity index is 1.78. The van der Waals surface area contributed by atoms with Crippen LogP contribution in [0.4, 0.5) is 5.82 Å². The molecule has 2 aliphatic rings. The SMILES string of the molecule is CC1CCC(c2cc(N)n(C3CCS(=O)(=O)C3)n2)CC1. The molecule has 5 nitrogen and oxygen atoms in total. The minimum Gasteiger partial charge on any atom is -0.384 e. The lowest BCUT2D eigenvalue weighted by atomic mass is 9.81. The summed E-state index contributed by atoms with van der Waals surface area (Å²) in [4.78, 5) is 0. The van der Waals surface area contributed by atoms with Gasteiger partial charge in [-0.15, -0.1) is 0 Å². The summed E-state index contributed by atoms with van der Waals surface area (Å²) < 4.78 is 24.9. The Hall–Kier alpha value is -1.04. The third-order valence-corrected chi connectivity index (χ3v) is 6.52. The van der Waals surface area contributed by atoms with Crippen LogP contribution in [0.3, 0.4) is 0 Å². The molecule has 0 radical (unpaired) electrons. The highest BCUT2D eigenvalue weighted by Crippen LogP contribution is 2.36. The second-order valence-electron chi connectivity index (χ2n) is 6.45. The van der Waals surface area contributed by atoms with E-state index in [1.807, 2.05) is 6.07 Å². The van der Waals surface area contributed by atoms with E-state index in [0.717, 1.165) is 11.6 Å². The molecule has 1 saturated carbocycles. The molecule has 2 fully saturated rings. The zero-order valence-electron chi connectivity index (χ0n) is 12.0. The Morgan fingerprint density at radius 1 is 1.25 bits per heavy atom. The third-order valence-electron chi connectivity index (χ3n) is 4.77. The normalized spacial score (nSPS) is 33.4. The summed E-state index contributed by atoms with van der Waals surface area (Å²) in [6, 6.07) is 1.88. The number of aromatic nitrogens is 2. The number of rotatable bonds is 2. The second kappa shape index (κ2) is 5.06. The average molecular weight is 297 g/mol. The van der Waals surface area contributed by atoms with Gasteiger partial charge < -0.3 is 5.73 Å². The molecule has 1 saturated heterocycles. The van der Waals surface area contributed by atoms with Crippen LogP contribution in [0.25, 0.3) is 0 Å². The third kappa shape index (κ3) is 2.71. The predicted octanol–water partition coefficient (Wildman–Crippen LogP) is 2.12. The first-order valence-electron chi connectivity index (χ1n) is 7.50. The van der Waals surface area contributed by atoms with Gasteiger partial charge in [0.25, 0.3) is 0 Å². The predicted molar refractivity (Wildman–Crippen MR) is 79.3 cm³/mol. The van der Waals surface area contributed by atoms with Gasteiger partial charge in [0, 0.05) is 12.0 Å². The summed E-state index contributed by atoms with van der Waals surface area (Å²) in [5.41, 5.74) is 7.10. The van der Waals surface area contributed by atoms with Gasteiger partial charge in [0.15, 0.2) is 9.84 Å². The molecule has 0 amide bonds. The highest BCUT2D eigenvalue weighted by atomic mass is 32.2. The summed E-state index contributed by atoms with van der Waals surface area (Å²) in [5, 5.41) is 4.63. The largest absolute Gasteiger partial charge is 0.384 e. The lowest BCUT2D eigenvalue weighted by Gasteiger charge is -2.24. The molecule has 1 aliphatic carbocycles. The highest BCUT2D eigenvalue weighted by Gasteiger charge is 2.32. The van der Waals surface area contributed by atoms with Crippen molar-refractivity contribution < 1.29 is 8.42 Å². The topological polar surface area (TPSA) is 78.0 Å². The Morgan fingerprint density at radius 3 is 2.55 bits per heavy atom. The van der Waals surface area contributed by atoms with Crippen LogP contribution in [0.2, 0.25) is 0 Å². The van der Waals surface area contributed by atoms with E-state index >= 15 is 0 Å². The number of hydrogen-bond acceptors (Lipinski definition) is 4. The molecule has 112 valence electrons. The molecule has 1 atom stereocenters. The number of sulfone groups is 1. The summed E-state index contributed by atoms with van der Waals surface area (Å²) in [6.07, 6.45) is 5.46. The fraction of sp³-hybridized carbons (Fsp3) is 0.786. The van der Waals surface area contributed by atoms with Crippen molar-refractivity contribution in [1.82, 2.24) is 9.78 Å². The van der Waals surface area contributed by atoms with Crippen LogP contribution in [0.15, 0.2) is 6.07 Å². The molecule has 0 bridgehead atoms. The van der Waals surface area contributed by atoms with Crippen LogP contribution >= 0.6 is 0 Å². The zero-order chi connectivity index (χ0) is 14.3. The Bertz CT molecular complexity index is 586. The Kier molecular flexibility index (Phi) is 3.52. The van der Waals surface area contributed by atoms with E-state index < -0.39 is 9.84 Å². The number of hydrogen-bond donors (Lipinski definition) is 1. The Morgan fingerprint density at radius 2 is 1.95 bits per heavy atom. The molecule has 20 heavy (non-hydrogen) atoms. The maximum absolute atomic E-state index is 11.6. The van der Waals surface area contributed by atoms with Crippen LogP contribution in [0.1, 0.15) is 56.7 Å². The summed E-state index contributed by atoms with van der Waals surface area (Å²) >= 11 is 0. The van der Waals surface area contributed by atoms with E-state index in [0.29, 0.717) is 18.2 Å². The monoisotopic (exact) mass is 297 g/mol. The fourth-order valence-corrected chi connectivity index (χ4v) is 5.14. The van der Waals surface area contributed by atoms with E-state index in [1.165, 1.54) is 25.7 Å². The molecule has 0 spiro atoms. The molecule has 1 aromatic heterocycles. The van der Waals surface area contributed by atoms with Crippen LogP contribution in [0.5, 0.6) is 0 Å². The van der Waals surface area contributed by atoms with Gasteiger partial charge in [-0.2, -0.15) is 5.10 Å². The minimum absolute atomic E-state index is 0.0729. The quantitative estimate of drug-likeness (QED) is 0.907. The molecule has 2 heterocycles. The number of nitrogens with two attached hydrogens (primary N) is 1. The molecule has 6 heteroatoms. The van der Waals surface area contributed by atoms with Gasteiger partial charge in [-0.3, -0.25) is 0 Å². The maximum Gasteiger partial charge on any atom is 0.152 e. The van der Waals surface area contributed by atoms with Crippen LogP contribution in [-0.4, -0.2) is 29.7 Å². The smallest absolute Gasteiger partial charge is 0.152 e. The first-order chi connectivity index (χ1) is 9.44. The van der Waals surface area contributed by atoms with Crippen LogP contribution in [0, 0.1) is 5.92 Å². The molecule has 1 aromatic rings. The van der Waals surface area contributed by atoms with E-state index in [2.05, 4.69) is 12.0 Å². The number of anilines is 1. The van der Waals surface area contributed by atoms with Gasteiger partial charge in [0.05, 0.1) is 23.2 Å². The first kappa shape index (κ1) is 13.9. The Labute approximate surface area is 120 Å². The molecule has 1 unspecified atom stereocenters. The highest BCUT2D eigenvalue weighted by molar-refractivity contribution is 7.91. The van der Waals surface area contributed by atoms with Gasteiger partial charge in [-0.1, -0.05) is 19.8 Å². The van der Waals surface area contributed by atoms with Gasteiger partial charge in [-0.05, 0) is 25.2 Å². The van der Waals surface area contributed by atoms with Crippen molar-refractivity contribution in [3.63, 3.8) is 0 Å². The summed E-state index contributed by atoms with van der Waals surface area (Å²) in [7, 11) is -2.90. The van der Waals surface area contributed by atoms with Crippen molar-refractivity contribution in [3.05, 3.63) is 11.8 Å². The number of nitrogen functional groups attached to an aromatic ring is 1. The van der Waals surface area contributed by atoms with Gasteiger partial charge in [0.1, 0.15) is 5.82 Å². The fourth-order valence-electron chi connectivity index (χ4n) is 3.44. The molecular formula is C14H23N3O2S. The molecule has 2 N–H and O–H groups in total. The average Bonchev–Trinajstić information content (AvgIpc) is 2.93. The van der Waals surface area contributed by atoms with Gasteiger partial charge in [-0.25, -0.2) is 13.1 Å². The molecule has 3 rings (SSSR count). The van der Waals surface area contributed by atoms with E-state index in [4.69, 9.17) is 5.73 Å². The zero-order valence-corrected chi connectivity index (χ0v) is 12.8. The van der Waals surface area contributed by atoms with Crippen LogP contribution < -0.4 is 5.73 Å². The lowest BCUT2D eigenvalue weighted by Crippen LogP contribution is -2.16. The van der Waals surface area contributed by atoms with Crippen molar-refractivity contribution >= 4 is 15.7 Å². The van der Waals surface area contributed by atoms with Crippen molar-refractivity contribution in [1.29, 1.82) is 0 Å². The van der Waals surface area contributed by atoms with Crippen molar-refractivity contribution in [2.75, 3.05) is 17.2 Å². The van der Waals surface area contributed by atoms with Crippen molar-refractivity contribution in [2.45, 2.75) is 51.0 Å². The molecule has 1 aliphatic heterocycles. The van der Waals surface area contributed by atoms with E-state index in [-0.39, 0.29) is 17.5 Å². The van der Waals surface area contributed by atoms with Crippen molar-refractivity contribution in [2.24, 2.45) is 5.92 Å². The van der Waals surface area contributed by atoms with Gasteiger partial charge >= 0.3 is 0 Å². The summed E-state index contributed by atoms with van der Waals surface area (Å²) in [6.45, 7) is 2.30. The molecule has 0 aromatic carbocycles. The van der Waals surface area contributed by atoms with E-state index in [9.17, 15) is 8.42 Å². The summed E-state index contributed by atoms with van der Waals surface area (Å²) in [5.74, 6) is 2.35. The lowest BCUT2D eigenvalue weighted by molar-refractivity contribution is 0.341. The maximum atomic E-state index is 11.6. The standard InChI is InChI=1S/C14H23N3O2S/c1-10-2-4-11(5-3-10)13-8-14(15)17(16-13)12-6-7-20(18,19)9-12/h8,10-12H,2-7,9,15H2,1H3. The van der Waals surface area contributed by atoms with E-state index in [1.54, 1.807) is 4.68 Å². The van der Waals surface area contributed by atoms with Crippen molar-refractivity contribution in [3.8, 4) is 0 Å². The van der Waals surface area contributed by atoms with Gasteiger partial charge in [0.2, 0.25) is 0 Å². The number of nitrogens with zero attached hydrogens (tertiary/aromatic N) is 2.